The fourth-order valence-electron chi connectivity index (χ4n) is 1.82. The van der Waals surface area contributed by atoms with Crippen molar-refractivity contribution in [2.75, 3.05) is 25.0 Å². The van der Waals surface area contributed by atoms with Crippen LogP contribution < -0.4 is 10.1 Å². The third kappa shape index (κ3) is 4.43. The lowest BCUT2D eigenvalue weighted by molar-refractivity contribution is -0.131. The number of hydrogen-bond acceptors (Lipinski definition) is 4. The molecule has 19 heavy (non-hydrogen) atoms. The highest BCUT2D eigenvalue weighted by molar-refractivity contribution is 5.84. The van der Waals surface area contributed by atoms with Crippen LogP contribution in [0.4, 0.5) is 5.69 Å². The molecule has 0 radical (unpaired) electrons. The molecule has 0 saturated heterocycles. The van der Waals surface area contributed by atoms with Gasteiger partial charge in [-0.1, -0.05) is 0 Å². The molecule has 0 saturated carbocycles. The Kier molecular flexibility index (Phi) is 6.12. The first-order valence-corrected chi connectivity index (χ1v) is 6.76. The molecule has 1 N–H and O–H groups in total. The highest BCUT2D eigenvalue weighted by Gasteiger charge is 2.17. The molecule has 106 valence electrons. The van der Waals surface area contributed by atoms with E-state index < -0.39 is 0 Å². The van der Waals surface area contributed by atoms with Crippen LogP contribution in [0.3, 0.4) is 0 Å². The summed E-state index contributed by atoms with van der Waals surface area (Å²) in [5, 5.41) is 3.15. The smallest absolute Gasteiger partial charge is 0.244 e. The minimum Gasteiger partial charge on any atom is -0.478 e. The summed E-state index contributed by atoms with van der Waals surface area (Å²) in [5.74, 6) is 0.689. The van der Waals surface area contributed by atoms with Crippen molar-refractivity contribution >= 4 is 11.6 Å². The largest absolute Gasteiger partial charge is 0.478 e. The molecule has 0 aliphatic rings. The Hall–Kier alpha value is -1.78. The highest BCUT2D eigenvalue weighted by atomic mass is 16.5. The van der Waals surface area contributed by atoms with Crippen LogP contribution in [0.25, 0.3) is 0 Å². The number of nitrogens with zero attached hydrogens (tertiary/aromatic N) is 2. The summed E-state index contributed by atoms with van der Waals surface area (Å²) in [6.07, 6.45) is 1.68. The average Bonchev–Trinajstić information content (AvgIpc) is 2.42. The molecular formula is C14H23N3O2. The second kappa shape index (κ2) is 7.61. The van der Waals surface area contributed by atoms with Gasteiger partial charge in [0.05, 0.1) is 18.5 Å². The van der Waals surface area contributed by atoms with Gasteiger partial charge in [-0.05, 0) is 33.8 Å². The van der Waals surface area contributed by atoms with E-state index in [0.29, 0.717) is 12.5 Å². The number of pyridine rings is 1. The van der Waals surface area contributed by atoms with E-state index in [1.165, 1.54) is 0 Å². The molecule has 5 nitrogen and oxygen atoms in total. The van der Waals surface area contributed by atoms with Crippen LogP contribution in [0.2, 0.25) is 0 Å². The van der Waals surface area contributed by atoms with Gasteiger partial charge in [0.15, 0.2) is 0 Å². The van der Waals surface area contributed by atoms with Gasteiger partial charge in [-0.2, -0.15) is 0 Å². The average molecular weight is 265 g/mol. The Morgan fingerprint density at radius 2 is 2.05 bits per heavy atom. The van der Waals surface area contributed by atoms with E-state index in [1.54, 1.807) is 17.2 Å². The predicted molar refractivity (Wildman–Crippen MR) is 76.4 cm³/mol. The van der Waals surface area contributed by atoms with Gasteiger partial charge in [-0.3, -0.25) is 4.79 Å². The van der Waals surface area contributed by atoms with Crippen molar-refractivity contribution in [2.45, 2.75) is 33.7 Å². The summed E-state index contributed by atoms with van der Waals surface area (Å²) in [7, 11) is 0. The monoisotopic (exact) mass is 265 g/mol. The summed E-state index contributed by atoms with van der Waals surface area (Å²) >= 11 is 0. The van der Waals surface area contributed by atoms with Crippen molar-refractivity contribution < 1.29 is 9.53 Å². The SMILES string of the molecule is CCOc1ccc(NC(C)C(=O)N(CC)CC)cn1. The third-order valence-electron chi connectivity index (χ3n) is 2.86. The van der Waals surface area contributed by atoms with Crippen molar-refractivity contribution in [2.24, 2.45) is 0 Å². The highest BCUT2D eigenvalue weighted by Crippen LogP contribution is 2.13. The zero-order valence-corrected chi connectivity index (χ0v) is 12.1. The first-order valence-electron chi connectivity index (χ1n) is 6.76. The van der Waals surface area contributed by atoms with E-state index in [2.05, 4.69) is 10.3 Å². The maximum atomic E-state index is 12.1. The lowest BCUT2D eigenvalue weighted by Gasteiger charge is -2.24. The molecule has 1 atom stereocenters. The number of ether oxygens (including phenoxy) is 1. The maximum absolute atomic E-state index is 12.1. The molecule has 0 aliphatic heterocycles. The van der Waals surface area contributed by atoms with Gasteiger partial charge < -0.3 is 15.0 Å². The normalized spacial score (nSPS) is 11.8. The maximum Gasteiger partial charge on any atom is 0.244 e. The Morgan fingerprint density at radius 1 is 1.37 bits per heavy atom. The summed E-state index contributed by atoms with van der Waals surface area (Å²) in [6.45, 7) is 9.78. The lowest BCUT2D eigenvalue weighted by Crippen LogP contribution is -2.41. The quantitative estimate of drug-likeness (QED) is 0.820. The van der Waals surface area contributed by atoms with Gasteiger partial charge in [0.1, 0.15) is 6.04 Å². The van der Waals surface area contributed by atoms with Crippen molar-refractivity contribution in [3.8, 4) is 5.88 Å². The van der Waals surface area contributed by atoms with Gasteiger partial charge in [0, 0.05) is 19.2 Å². The molecule has 1 aromatic rings. The van der Waals surface area contributed by atoms with E-state index in [4.69, 9.17) is 4.74 Å². The number of hydrogen-bond donors (Lipinski definition) is 1. The van der Waals surface area contributed by atoms with E-state index >= 15 is 0 Å². The fraction of sp³-hybridized carbons (Fsp3) is 0.571. The van der Waals surface area contributed by atoms with Gasteiger partial charge in [0.25, 0.3) is 0 Å². The van der Waals surface area contributed by atoms with Gasteiger partial charge >= 0.3 is 0 Å². The van der Waals surface area contributed by atoms with E-state index in [-0.39, 0.29) is 11.9 Å². The molecular weight excluding hydrogens is 242 g/mol. The summed E-state index contributed by atoms with van der Waals surface area (Å²) in [5.41, 5.74) is 0.816. The van der Waals surface area contributed by atoms with Crippen LogP contribution in [-0.2, 0) is 4.79 Å². The molecule has 0 bridgehead atoms. The van der Waals surface area contributed by atoms with Crippen LogP contribution in [-0.4, -0.2) is 41.5 Å². The molecule has 1 unspecified atom stereocenters. The van der Waals surface area contributed by atoms with Crippen LogP contribution in [0.15, 0.2) is 18.3 Å². The number of amides is 1. The second-order valence-corrected chi connectivity index (χ2v) is 4.19. The number of anilines is 1. The minimum absolute atomic E-state index is 0.0962. The molecule has 0 fully saturated rings. The van der Waals surface area contributed by atoms with E-state index in [9.17, 15) is 4.79 Å². The van der Waals surface area contributed by atoms with Crippen molar-refractivity contribution in [1.29, 1.82) is 0 Å². The van der Waals surface area contributed by atoms with Gasteiger partial charge in [0.2, 0.25) is 11.8 Å². The number of carbonyl (C=O) groups is 1. The van der Waals surface area contributed by atoms with Crippen molar-refractivity contribution in [3.05, 3.63) is 18.3 Å². The number of nitrogens with one attached hydrogen (secondary N) is 1. The van der Waals surface area contributed by atoms with Crippen LogP contribution in [0, 0.1) is 0 Å². The first kappa shape index (κ1) is 15.3. The topological polar surface area (TPSA) is 54.5 Å². The summed E-state index contributed by atoms with van der Waals surface area (Å²) < 4.78 is 5.27. The minimum atomic E-state index is -0.264. The molecule has 1 aromatic heterocycles. The summed E-state index contributed by atoms with van der Waals surface area (Å²) in [4.78, 5) is 18.1. The van der Waals surface area contributed by atoms with Gasteiger partial charge in [-0.25, -0.2) is 4.98 Å². The zero-order chi connectivity index (χ0) is 14.3. The number of carbonyl (C=O) groups excluding carboxylic acids is 1. The van der Waals surface area contributed by atoms with Crippen LogP contribution in [0.1, 0.15) is 27.7 Å². The number of likely N-dealkylation sites (N-methyl/N-ethyl adjacent to an activating group) is 1. The second-order valence-electron chi connectivity index (χ2n) is 4.19. The standard InChI is InChI=1S/C14H23N3O2/c1-5-17(6-2)14(18)11(4)16-12-8-9-13(15-10-12)19-7-3/h8-11,16H,5-7H2,1-4H3. The molecule has 1 heterocycles. The summed E-state index contributed by atoms with van der Waals surface area (Å²) in [6, 6.07) is 3.39. The van der Waals surface area contributed by atoms with E-state index in [0.717, 1.165) is 18.8 Å². The fourth-order valence-corrected chi connectivity index (χ4v) is 1.82. The molecule has 5 heteroatoms. The molecule has 0 aliphatic carbocycles. The van der Waals surface area contributed by atoms with Crippen LogP contribution >= 0.6 is 0 Å². The van der Waals surface area contributed by atoms with Crippen molar-refractivity contribution in [3.63, 3.8) is 0 Å². The Bertz CT molecular complexity index is 388. The van der Waals surface area contributed by atoms with Gasteiger partial charge in [-0.15, -0.1) is 0 Å². The first-order chi connectivity index (χ1) is 9.12. The number of rotatable bonds is 7. The zero-order valence-electron chi connectivity index (χ0n) is 12.1. The molecule has 1 amide bonds. The number of aromatic nitrogens is 1. The van der Waals surface area contributed by atoms with Crippen LogP contribution in [0.5, 0.6) is 5.88 Å². The molecule has 0 aromatic carbocycles. The van der Waals surface area contributed by atoms with Crippen molar-refractivity contribution in [1.82, 2.24) is 9.88 Å². The molecule has 0 spiro atoms. The third-order valence-corrected chi connectivity index (χ3v) is 2.86. The lowest BCUT2D eigenvalue weighted by atomic mass is 10.2. The van der Waals surface area contributed by atoms with E-state index in [1.807, 2.05) is 33.8 Å². The molecule has 1 rings (SSSR count). The predicted octanol–water partition coefficient (Wildman–Crippen LogP) is 2.15. The Labute approximate surface area is 115 Å². The Morgan fingerprint density at radius 3 is 2.53 bits per heavy atom. The Balaban J connectivity index is 2.60.